The zero-order valence-corrected chi connectivity index (χ0v) is 18.5. The molecule has 0 spiro atoms. The minimum Gasteiger partial charge on any atom is -0.452 e. The van der Waals surface area contributed by atoms with Gasteiger partial charge in [-0.3, -0.25) is 19.2 Å². The Morgan fingerprint density at radius 3 is 1.35 bits per heavy atom. The van der Waals surface area contributed by atoms with E-state index in [0.29, 0.717) is 11.1 Å². The molecule has 0 atom stereocenters. The quantitative estimate of drug-likeness (QED) is 0.308. The normalized spacial score (nSPS) is 10.3. The van der Waals surface area contributed by atoms with Crippen molar-refractivity contribution < 1.29 is 38.2 Å². The molecule has 0 saturated carbocycles. The van der Waals surface area contributed by atoms with Gasteiger partial charge in [0.15, 0.2) is 24.8 Å². The largest absolute Gasteiger partial charge is 0.452 e. The lowest BCUT2D eigenvalue weighted by Gasteiger charge is -2.09. The summed E-state index contributed by atoms with van der Waals surface area (Å²) in [5.74, 6) is -3.84. The highest BCUT2D eigenvalue weighted by molar-refractivity contribution is 6.05. The molecule has 10 nitrogen and oxygen atoms in total. The number of Topliss-reactive ketones (excluding diaryl/α,β-unsaturated/α-hetero) is 2. The van der Waals surface area contributed by atoms with Crippen LogP contribution in [0.3, 0.4) is 0 Å². The van der Waals surface area contributed by atoms with E-state index in [1.807, 2.05) is 0 Å². The maximum Gasteiger partial charge on any atom is 0.331 e. The summed E-state index contributed by atoms with van der Waals surface area (Å²) < 4.78 is 9.45. The summed E-state index contributed by atoms with van der Waals surface area (Å²) in [6.45, 7) is 1.40. The number of benzene rings is 2. The van der Waals surface area contributed by atoms with Crippen LogP contribution in [-0.4, -0.2) is 48.5 Å². The first-order valence-corrected chi connectivity index (χ1v) is 9.98. The summed E-state index contributed by atoms with van der Waals surface area (Å²) >= 11 is 0. The van der Waals surface area contributed by atoms with Gasteiger partial charge < -0.3 is 20.1 Å². The minimum absolute atomic E-state index is 0.244. The maximum absolute atomic E-state index is 11.9. The number of nitrogens with one attached hydrogen (secondary N) is 2. The first-order chi connectivity index (χ1) is 16.2. The van der Waals surface area contributed by atoms with Gasteiger partial charge in [0.2, 0.25) is 0 Å². The number of ether oxygens (including phenoxy) is 2. The summed E-state index contributed by atoms with van der Waals surface area (Å²) in [4.78, 5) is 70.4. The van der Waals surface area contributed by atoms with Crippen LogP contribution in [0.4, 0.5) is 11.4 Å². The van der Waals surface area contributed by atoms with Crippen molar-refractivity contribution in [3.63, 3.8) is 0 Å². The van der Waals surface area contributed by atoms with E-state index in [-0.39, 0.29) is 22.9 Å². The van der Waals surface area contributed by atoms with Gasteiger partial charge in [-0.25, -0.2) is 9.59 Å². The van der Waals surface area contributed by atoms with E-state index in [1.54, 1.807) is 36.4 Å². The number of anilines is 2. The Kier molecular flexibility index (Phi) is 9.39. The number of carbonyl (C=O) groups excluding carboxylic acids is 6. The molecule has 0 unspecified atom stereocenters. The summed E-state index contributed by atoms with van der Waals surface area (Å²) in [5.41, 5.74) is 1.16. The van der Waals surface area contributed by atoms with Crippen LogP contribution in [-0.2, 0) is 28.7 Å². The van der Waals surface area contributed by atoms with Gasteiger partial charge in [-0.2, -0.15) is 0 Å². The second kappa shape index (κ2) is 12.4. The van der Waals surface area contributed by atoms with Crippen molar-refractivity contribution in [1.29, 1.82) is 0 Å². The first-order valence-electron chi connectivity index (χ1n) is 9.98. The Morgan fingerprint density at radius 1 is 0.647 bits per heavy atom. The molecule has 0 radical (unpaired) electrons. The molecular weight excluding hydrogens is 444 g/mol. The fourth-order valence-electron chi connectivity index (χ4n) is 2.68. The van der Waals surface area contributed by atoms with Crippen molar-refractivity contribution in [2.24, 2.45) is 0 Å². The van der Waals surface area contributed by atoms with E-state index < -0.39 is 37.0 Å². The average Bonchev–Trinajstić information content (AvgIpc) is 2.80. The standard InChI is InChI=1S/C24H22N2O8/c1-15(27)17-7-3-5-9-19(17)25-21(29)13-33-23(31)11-12-24(32)34-14-22(30)26-20-10-6-4-8-18(20)16(2)28/h3-12H,13-14H2,1-2H3,(H,25,29)(H,26,30)/b12-11+. The zero-order chi connectivity index (χ0) is 25.1. The van der Waals surface area contributed by atoms with E-state index >= 15 is 0 Å². The Hall–Kier alpha value is -4.60. The topological polar surface area (TPSA) is 145 Å². The number of rotatable bonds is 10. The number of hydrogen-bond donors (Lipinski definition) is 2. The summed E-state index contributed by atoms with van der Waals surface area (Å²) in [6, 6.07) is 12.7. The third-order valence-corrected chi connectivity index (χ3v) is 4.21. The van der Waals surface area contributed by atoms with Crippen LogP contribution >= 0.6 is 0 Å². The minimum atomic E-state index is -0.994. The molecule has 0 bridgehead atoms. The average molecular weight is 466 g/mol. The van der Waals surface area contributed by atoms with Crippen LogP contribution in [0.25, 0.3) is 0 Å². The zero-order valence-electron chi connectivity index (χ0n) is 18.5. The lowest BCUT2D eigenvalue weighted by atomic mass is 10.1. The molecular formula is C24H22N2O8. The molecule has 0 aliphatic rings. The van der Waals surface area contributed by atoms with Gasteiger partial charge in [0.25, 0.3) is 11.8 Å². The van der Waals surface area contributed by atoms with Crippen LogP contribution in [0, 0.1) is 0 Å². The Labute approximate surface area is 194 Å². The van der Waals surface area contributed by atoms with E-state index in [2.05, 4.69) is 10.6 Å². The van der Waals surface area contributed by atoms with Crippen LogP contribution in [0.5, 0.6) is 0 Å². The third-order valence-electron chi connectivity index (χ3n) is 4.21. The highest BCUT2D eigenvalue weighted by atomic mass is 16.5. The Balaban J connectivity index is 1.76. The van der Waals surface area contributed by atoms with E-state index in [4.69, 9.17) is 9.47 Å². The summed E-state index contributed by atoms with van der Waals surface area (Å²) in [6.07, 6.45) is 1.48. The summed E-state index contributed by atoms with van der Waals surface area (Å²) in [5, 5.41) is 4.91. The van der Waals surface area contributed by atoms with E-state index in [1.165, 1.54) is 26.0 Å². The Bertz CT molecular complexity index is 1060. The van der Waals surface area contributed by atoms with Gasteiger partial charge in [-0.1, -0.05) is 24.3 Å². The number of para-hydroxylation sites is 2. The van der Waals surface area contributed by atoms with Gasteiger partial charge in [0, 0.05) is 23.3 Å². The molecule has 0 aliphatic carbocycles. The van der Waals surface area contributed by atoms with Crippen LogP contribution in [0.2, 0.25) is 0 Å². The van der Waals surface area contributed by atoms with E-state index in [0.717, 1.165) is 12.2 Å². The monoisotopic (exact) mass is 466 g/mol. The lowest BCUT2D eigenvalue weighted by molar-refractivity contribution is -0.144. The lowest BCUT2D eigenvalue weighted by Crippen LogP contribution is -2.22. The second-order valence-electron chi connectivity index (χ2n) is 6.85. The van der Waals surface area contributed by atoms with Gasteiger partial charge in [0.05, 0.1) is 11.4 Å². The summed E-state index contributed by atoms with van der Waals surface area (Å²) in [7, 11) is 0. The van der Waals surface area contributed by atoms with Gasteiger partial charge >= 0.3 is 11.9 Å². The molecule has 176 valence electrons. The molecule has 34 heavy (non-hydrogen) atoms. The highest BCUT2D eigenvalue weighted by Crippen LogP contribution is 2.16. The first kappa shape index (κ1) is 25.7. The van der Waals surface area contributed by atoms with Crippen molar-refractivity contribution in [2.45, 2.75) is 13.8 Å². The molecule has 0 aromatic heterocycles. The molecule has 2 amide bonds. The molecule has 10 heteroatoms. The number of hydrogen-bond acceptors (Lipinski definition) is 8. The van der Waals surface area contributed by atoms with Gasteiger partial charge in [-0.15, -0.1) is 0 Å². The second-order valence-corrected chi connectivity index (χ2v) is 6.85. The van der Waals surface area contributed by atoms with Crippen LogP contribution in [0.15, 0.2) is 60.7 Å². The van der Waals surface area contributed by atoms with Crippen LogP contribution < -0.4 is 10.6 Å². The van der Waals surface area contributed by atoms with Crippen molar-refractivity contribution in [3.05, 3.63) is 71.8 Å². The van der Waals surface area contributed by atoms with Crippen molar-refractivity contribution >= 4 is 46.7 Å². The van der Waals surface area contributed by atoms with E-state index in [9.17, 15) is 28.8 Å². The fourth-order valence-corrected chi connectivity index (χ4v) is 2.68. The smallest absolute Gasteiger partial charge is 0.331 e. The number of ketones is 2. The molecule has 0 fully saturated rings. The van der Waals surface area contributed by atoms with Crippen molar-refractivity contribution in [3.8, 4) is 0 Å². The maximum atomic E-state index is 11.9. The number of esters is 2. The SMILES string of the molecule is CC(=O)c1ccccc1NC(=O)COC(=O)/C=C/C(=O)OCC(=O)Nc1ccccc1C(C)=O. The number of amides is 2. The Morgan fingerprint density at radius 2 is 1.00 bits per heavy atom. The number of carbonyl (C=O) groups is 6. The molecule has 0 saturated heterocycles. The van der Waals surface area contributed by atoms with Crippen molar-refractivity contribution in [2.75, 3.05) is 23.8 Å². The van der Waals surface area contributed by atoms with Gasteiger partial charge in [-0.05, 0) is 38.1 Å². The molecule has 0 aliphatic heterocycles. The highest BCUT2D eigenvalue weighted by Gasteiger charge is 2.13. The predicted octanol–water partition coefficient (Wildman–Crippen LogP) is 2.31. The molecule has 2 N–H and O–H groups in total. The predicted molar refractivity (Wildman–Crippen MR) is 121 cm³/mol. The van der Waals surface area contributed by atoms with Crippen molar-refractivity contribution in [1.82, 2.24) is 0 Å². The molecule has 0 heterocycles. The molecule has 2 aromatic rings. The molecule has 2 rings (SSSR count). The molecule has 2 aromatic carbocycles. The third kappa shape index (κ3) is 8.15. The fraction of sp³-hybridized carbons (Fsp3) is 0.167. The van der Waals surface area contributed by atoms with Crippen LogP contribution in [0.1, 0.15) is 34.6 Å². The van der Waals surface area contributed by atoms with Gasteiger partial charge in [0.1, 0.15) is 0 Å².